The Morgan fingerprint density at radius 2 is 1.08 bits per heavy atom. The summed E-state index contributed by atoms with van der Waals surface area (Å²) < 4.78 is 4.64. The second-order valence-corrected chi connectivity index (χ2v) is 19.8. The van der Waals surface area contributed by atoms with Crippen LogP contribution in [-0.2, 0) is 0 Å². The first kappa shape index (κ1) is 48.5. The van der Waals surface area contributed by atoms with E-state index >= 15 is 0 Å². The number of rotatable bonds is 11. The molecule has 7 aromatic carbocycles. The fraction of sp³-hybridized carbons (Fsp3) is 0.0694. The van der Waals surface area contributed by atoms with Gasteiger partial charge in [-0.15, -0.1) is 0 Å². The summed E-state index contributed by atoms with van der Waals surface area (Å²) in [4.78, 5) is 15.3. The number of aliphatic imine (C=N–C) groups is 2. The molecule has 7 heteroatoms. The number of hydrogen-bond donors (Lipinski definition) is 1. The van der Waals surface area contributed by atoms with Crippen LogP contribution in [0.5, 0.6) is 0 Å². The molecule has 0 amide bonds. The first-order valence-electron chi connectivity index (χ1n) is 27.3. The number of amidine groups is 2. The highest BCUT2D eigenvalue weighted by atomic mass is 15.2. The van der Waals surface area contributed by atoms with Crippen molar-refractivity contribution in [2.45, 2.75) is 32.1 Å². The predicted octanol–water partition coefficient (Wildman–Crippen LogP) is 16.4. The van der Waals surface area contributed by atoms with Gasteiger partial charge in [0.25, 0.3) is 0 Å². The van der Waals surface area contributed by atoms with E-state index in [0.717, 1.165) is 121 Å². The SMILES string of the molecule is N=C(N=C(N=CC1=CCC=CC=C1)c1ccccc1-n1c2c(c3cc(N(C4=CCCC=C4)c4ccccc4)ccc31)=CCC=CC=2)c1ccccc1-n1c2ccccc2c2cc(N(C3=CC=CCC=C3)c3ccccc3)ccc21. The highest BCUT2D eigenvalue weighted by Crippen LogP contribution is 2.40. The minimum absolute atomic E-state index is 0.0956. The zero-order valence-electron chi connectivity index (χ0n) is 43.8. The number of hydrogen-bond acceptors (Lipinski definition) is 3. The first-order chi connectivity index (χ1) is 39.2. The molecular formula is C72H57N7. The lowest BCUT2D eigenvalue weighted by Crippen LogP contribution is -2.28. The molecule has 4 aliphatic rings. The van der Waals surface area contributed by atoms with E-state index in [2.05, 4.69) is 262 Å². The van der Waals surface area contributed by atoms with Crippen molar-refractivity contribution in [2.24, 2.45) is 9.98 Å². The molecule has 0 atom stereocenters. The Kier molecular flexibility index (Phi) is 13.4. The Bertz CT molecular complexity index is 4350. The minimum atomic E-state index is 0.0956. The summed E-state index contributed by atoms with van der Waals surface area (Å²) in [5.74, 6) is 0.524. The number of benzene rings is 7. The maximum Gasteiger partial charge on any atom is 0.163 e. The molecule has 0 bridgehead atoms. The first-order valence-corrected chi connectivity index (χ1v) is 27.3. The van der Waals surface area contributed by atoms with E-state index in [0.29, 0.717) is 11.4 Å². The van der Waals surface area contributed by atoms with E-state index in [4.69, 9.17) is 9.98 Å². The summed E-state index contributed by atoms with van der Waals surface area (Å²) in [5.41, 5.74) is 13.9. The maximum absolute atomic E-state index is 10.1. The summed E-state index contributed by atoms with van der Waals surface area (Å²) in [6.45, 7) is 0. The van der Waals surface area contributed by atoms with Gasteiger partial charge in [-0.3, -0.25) is 5.41 Å². The summed E-state index contributed by atoms with van der Waals surface area (Å²) in [6.07, 6.45) is 43.5. The number of aromatic nitrogens is 2. The summed E-state index contributed by atoms with van der Waals surface area (Å²) >= 11 is 0. The third-order valence-electron chi connectivity index (χ3n) is 14.9. The number of fused-ring (bicyclic) bond motifs is 6. The maximum atomic E-state index is 10.1. The molecule has 0 unspecified atom stereocenters. The van der Waals surface area contributed by atoms with Crippen LogP contribution in [0.2, 0.25) is 0 Å². The van der Waals surface area contributed by atoms with Gasteiger partial charge in [-0.2, -0.15) is 0 Å². The summed E-state index contributed by atoms with van der Waals surface area (Å²) in [5, 5.41) is 15.8. The Morgan fingerprint density at radius 3 is 1.86 bits per heavy atom. The molecule has 2 aromatic heterocycles. The quantitative estimate of drug-likeness (QED) is 0.104. The topological polar surface area (TPSA) is 64.9 Å². The highest BCUT2D eigenvalue weighted by molar-refractivity contribution is 6.17. The average Bonchev–Trinajstić information content (AvgIpc) is 3.99. The minimum Gasteiger partial charge on any atom is -0.311 e. The molecule has 1 N–H and O–H groups in total. The van der Waals surface area contributed by atoms with E-state index in [1.165, 1.54) is 10.9 Å². The van der Waals surface area contributed by atoms with Gasteiger partial charge in [-0.05, 0) is 153 Å². The number of anilines is 4. The molecule has 9 aromatic rings. The van der Waals surface area contributed by atoms with Gasteiger partial charge in [0.1, 0.15) is 0 Å². The fourth-order valence-electron chi connectivity index (χ4n) is 11.3. The van der Waals surface area contributed by atoms with Gasteiger partial charge >= 0.3 is 0 Å². The standard InChI is InChI=1S/C72H57N7/c73-71(61-39-22-25-43-67(61)78-66-42-24-21-38-60(66)64-50-57(45-47-69(64)78)76(54-31-13-5-14-32-54)53-29-11-3-4-12-30-53)75-72(74-51-52-27-9-1-2-10-28-52)62-40-23-26-44-68(62)79-65-41-20-8-19-37-59(65)63-49-58(46-48-70(63)79)77(55-33-15-6-16-34-55)56-35-17-7-18-36-56/h1-3,5-6,8-9,11-17,20-51,73H,4,7,10,18-19H2. The van der Waals surface area contributed by atoms with Crippen LogP contribution in [0.3, 0.4) is 0 Å². The lowest BCUT2D eigenvalue weighted by molar-refractivity contribution is 0.997. The molecule has 79 heavy (non-hydrogen) atoms. The van der Waals surface area contributed by atoms with Crippen LogP contribution in [-0.4, -0.2) is 27.0 Å². The fourth-order valence-corrected chi connectivity index (χ4v) is 11.3. The van der Waals surface area contributed by atoms with E-state index < -0.39 is 0 Å². The van der Waals surface area contributed by atoms with Crippen molar-refractivity contribution in [3.8, 4) is 11.4 Å². The second kappa shape index (κ2) is 21.9. The number of para-hydroxylation sites is 5. The van der Waals surface area contributed by atoms with Crippen molar-refractivity contribution in [3.63, 3.8) is 0 Å². The lowest BCUT2D eigenvalue weighted by atomic mass is 10.1. The molecule has 380 valence electrons. The van der Waals surface area contributed by atoms with E-state index in [1.807, 2.05) is 36.6 Å². The van der Waals surface area contributed by atoms with Gasteiger partial charge in [0, 0.05) is 72.9 Å². The number of allylic oxidation sites excluding steroid dienone is 16. The van der Waals surface area contributed by atoms with Gasteiger partial charge in [-0.25, -0.2) is 9.98 Å². The Labute approximate surface area is 460 Å². The number of nitrogens with zero attached hydrogens (tertiary/aromatic N) is 6. The molecule has 0 radical (unpaired) electrons. The van der Waals surface area contributed by atoms with Crippen molar-refractivity contribution in [2.75, 3.05) is 9.80 Å². The van der Waals surface area contributed by atoms with Crippen LogP contribution in [0.25, 0.3) is 56.2 Å². The van der Waals surface area contributed by atoms with Crippen LogP contribution in [0.15, 0.2) is 288 Å². The molecule has 0 aliphatic heterocycles. The van der Waals surface area contributed by atoms with E-state index in [9.17, 15) is 5.41 Å². The molecule has 4 aliphatic carbocycles. The van der Waals surface area contributed by atoms with Crippen molar-refractivity contribution < 1.29 is 0 Å². The average molecular weight is 1020 g/mol. The van der Waals surface area contributed by atoms with Gasteiger partial charge in [0.15, 0.2) is 11.7 Å². The van der Waals surface area contributed by atoms with Crippen LogP contribution >= 0.6 is 0 Å². The highest BCUT2D eigenvalue weighted by Gasteiger charge is 2.23. The normalized spacial score (nSPS) is 15.0. The molecule has 2 heterocycles. The summed E-state index contributed by atoms with van der Waals surface area (Å²) in [6, 6.07) is 59.8. The van der Waals surface area contributed by atoms with Crippen LogP contribution in [0, 0.1) is 5.41 Å². The molecule has 13 rings (SSSR count). The molecule has 0 saturated carbocycles. The van der Waals surface area contributed by atoms with Gasteiger partial charge in [-0.1, -0.05) is 158 Å². The van der Waals surface area contributed by atoms with Gasteiger partial charge in [0.2, 0.25) is 0 Å². The van der Waals surface area contributed by atoms with Gasteiger partial charge < -0.3 is 18.9 Å². The number of nitrogens with one attached hydrogen (secondary N) is 1. The molecule has 0 saturated heterocycles. The predicted molar refractivity (Wildman–Crippen MR) is 333 cm³/mol. The molecule has 0 spiro atoms. The molecular weight excluding hydrogens is 963 g/mol. The Balaban J connectivity index is 0.961. The molecule has 0 fully saturated rings. The monoisotopic (exact) mass is 1020 g/mol. The zero-order valence-corrected chi connectivity index (χ0v) is 43.8. The zero-order chi connectivity index (χ0) is 52.9. The summed E-state index contributed by atoms with van der Waals surface area (Å²) in [7, 11) is 0. The van der Waals surface area contributed by atoms with E-state index in [1.54, 1.807) is 0 Å². The van der Waals surface area contributed by atoms with E-state index in [-0.39, 0.29) is 5.84 Å². The van der Waals surface area contributed by atoms with Crippen molar-refractivity contribution in [1.29, 1.82) is 5.41 Å². The molecule has 7 nitrogen and oxygen atoms in total. The van der Waals surface area contributed by atoms with Crippen molar-refractivity contribution in [3.05, 3.63) is 300 Å². The van der Waals surface area contributed by atoms with Crippen molar-refractivity contribution in [1.82, 2.24) is 9.13 Å². The smallest absolute Gasteiger partial charge is 0.163 e. The van der Waals surface area contributed by atoms with Crippen LogP contribution in [0.1, 0.15) is 43.2 Å². The largest absolute Gasteiger partial charge is 0.311 e. The van der Waals surface area contributed by atoms with Crippen LogP contribution < -0.4 is 20.4 Å². The van der Waals surface area contributed by atoms with Crippen LogP contribution in [0.4, 0.5) is 22.7 Å². The Hall–Kier alpha value is -10.1. The second-order valence-electron chi connectivity index (χ2n) is 19.8. The van der Waals surface area contributed by atoms with Crippen molar-refractivity contribution >= 4 is 85.5 Å². The third-order valence-corrected chi connectivity index (χ3v) is 14.9. The Morgan fingerprint density at radius 1 is 0.456 bits per heavy atom. The third kappa shape index (κ3) is 9.53. The van der Waals surface area contributed by atoms with Gasteiger partial charge in [0.05, 0.1) is 33.3 Å². The lowest BCUT2D eigenvalue weighted by Gasteiger charge is -2.27.